The number of furan rings is 1. The standard InChI is InChI=1S/C16H20ClNO3/c1-5-10-6-8-13(21-10)15(18-2)11-7-9-12(19-3)14(17)16(11)20-4/h6-9,15,18H,5H2,1-4H3. The minimum absolute atomic E-state index is 0.136. The number of nitrogens with one attached hydrogen (secondary N) is 1. The molecule has 5 heteroatoms. The molecular formula is C16H20ClNO3. The second-order valence-corrected chi connectivity index (χ2v) is 4.96. The van der Waals surface area contributed by atoms with Crippen LogP contribution < -0.4 is 14.8 Å². The van der Waals surface area contributed by atoms with Crippen LogP contribution in [0, 0.1) is 0 Å². The van der Waals surface area contributed by atoms with Gasteiger partial charge in [-0.2, -0.15) is 0 Å². The molecule has 1 heterocycles. The zero-order chi connectivity index (χ0) is 15.4. The normalized spacial score (nSPS) is 12.2. The Morgan fingerprint density at radius 2 is 1.95 bits per heavy atom. The van der Waals surface area contributed by atoms with Crippen molar-refractivity contribution in [2.24, 2.45) is 0 Å². The summed E-state index contributed by atoms with van der Waals surface area (Å²) >= 11 is 6.33. The lowest BCUT2D eigenvalue weighted by Gasteiger charge is -2.19. The zero-order valence-electron chi connectivity index (χ0n) is 12.7. The first kappa shape index (κ1) is 15.7. The molecule has 1 aromatic carbocycles. The van der Waals surface area contributed by atoms with Crippen molar-refractivity contribution in [3.05, 3.63) is 46.4 Å². The molecule has 0 aliphatic carbocycles. The van der Waals surface area contributed by atoms with E-state index in [0.717, 1.165) is 23.5 Å². The second-order valence-electron chi connectivity index (χ2n) is 4.58. The molecular weight excluding hydrogens is 290 g/mol. The Labute approximate surface area is 130 Å². The third-order valence-electron chi connectivity index (χ3n) is 3.43. The monoisotopic (exact) mass is 309 g/mol. The summed E-state index contributed by atoms with van der Waals surface area (Å²) in [4.78, 5) is 0. The molecule has 1 atom stereocenters. The summed E-state index contributed by atoms with van der Waals surface area (Å²) in [5, 5.41) is 3.70. The van der Waals surface area contributed by atoms with Gasteiger partial charge in [0.15, 0.2) is 0 Å². The van der Waals surface area contributed by atoms with E-state index in [4.69, 9.17) is 25.5 Å². The van der Waals surface area contributed by atoms with Gasteiger partial charge in [0.05, 0.1) is 20.3 Å². The van der Waals surface area contributed by atoms with Crippen LogP contribution in [0.3, 0.4) is 0 Å². The fourth-order valence-corrected chi connectivity index (χ4v) is 2.66. The van der Waals surface area contributed by atoms with Crippen LogP contribution in [-0.2, 0) is 6.42 Å². The molecule has 2 aromatic rings. The molecule has 1 unspecified atom stereocenters. The van der Waals surface area contributed by atoms with Crippen molar-refractivity contribution in [3.8, 4) is 11.5 Å². The largest absolute Gasteiger partial charge is 0.495 e. The van der Waals surface area contributed by atoms with Gasteiger partial charge >= 0.3 is 0 Å². The van der Waals surface area contributed by atoms with Crippen molar-refractivity contribution < 1.29 is 13.9 Å². The molecule has 0 fully saturated rings. The molecule has 0 aliphatic heterocycles. The van der Waals surface area contributed by atoms with Crippen molar-refractivity contribution in [2.75, 3.05) is 21.3 Å². The van der Waals surface area contributed by atoms with Gasteiger partial charge in [-0.05, 0) is 31.3 Å². The summed E-state index contributed by atoms with van der Waals surface area (Å²) in [5.41, 5.74) is 0.905. The zero-order valence-corrected chi connectivity index (χ0v) is 13.5. The maximum Gasteiger partial charge on any atom is 0.146 e. The van der Waals surface area contributed by atoms with Gasteiger partial charge in [-0.1, -0.05) is 18.5 Å². The minimum atomic E-state index is -0.136. The van der Waals surface area contributed by atoms with Gasteiger partial charge in [0.1, 0.15) is 28.0 Å². The van der Waals surface area contributed by atoms with Gasteiger partial charge < -0.3 is 19.2 Å². The number of aryl methyl sites for hydroxylation is 1. The van der Waals surface area contributed by atoms with Crippen LogP contribution in [0.2, 0.25) is 5.02 Å². The Kier molecular flexibility index (Phi) is 5.15. The topological polar surface area (TPSA) is 43.6 Å². The third kappa shape index (κ3) is 3.01. The van der Waals surface area contributed by atoms with Gasteiger partial charge in [-0.15, -0.1) is 0 Å². The maximum absolute atomic E-state index is 6.33. The van der Waals surface area contributed by atoms with Gasteiger partial charge in [-0.3, -0.25) is 0 Å². The summed E-state index contributed by atoms with van der Waals surface area (Å²) < 4.78 is 16.5. The Hall–Kier alpha value is -1.65. The Morgan fingerprint density at radius 1 is 1.19 bits per heavy atom. The first-order valence-electron chi connectivity index (χ1n) is 6.82. The molecule has 0 saturated carbocycles. The smallest absolute Gasteiger partial charge is 0.146 e. The predicted octanol–water partition coefficient (Wildman–Crippen LogP) is 3.82. The summed E-state index contributed by atoms with van der Waals surface area (Å²) in [6.45, 7) is 2.06. The molecule has 2 rings (SSSR count). The van der Waals surface area contributed by atoms with Gasteiger partial charge in [0.25, 0.3) is 0 Å². The highest BCUT2D eigenvalue weighted by molar-refractivity contribution is 6.33. The van der Waals surface area contributed by atoms with E-state index in [0.29, 0.717) is 16.5 Å². The lowest BCUT2D eigenvalue weighted by atomic mass is 10.0. The Balaban J connectivity index is 2.49. The highest BCUT2D eigenvalue weighted by Crippen LogP contribution is 2.41. The van der Waals surface area contributed by atoms with Crippen LogP contribution in [-0.4, -0.2) is 21.3 Å². The molecule has 114 valence electrons. The summed E-state index contributed by atoms with van der Waals surface area (Å²) in [7, 11) is 5.04. The van der Waals surface area contributed by atoms with E-state index in [-0.39, 0.29) is 6.04 Å². The van der Waals surface area contributed by atoms with Crippen molar-refractivity contribution in [1.29, 1.82) is 0 Å². The lowest BCUT2D eigenvalue weighted by molar-refractivity contribution is 0.381. The highest BCUT2D eigenvalue weighted by atomic mass is 35.5. The average Bonchev–Trinajstić information content (AvgIpc) is 2.97. The summed E-state index contributed by atoms with van der Waals surface area (Å²) in [5.74, 6) is 2.95. The van der Waals surface area contributed by atoms with E-state index in [9.17, 15) is 0 Å². The first-order chi connectivity index (χ1) is 10.2. The maximum atomic E-state index is 6.33. The quantitative estimate of drug-likeness (QED) is 0.881. The van der Waals surface area contributed by atoms with Crippen LogP contribution in [0.15, 0.2) is 28.7 Å². The molecule has 0 amide bonds. The van der Waals surface area contributed by atoms with Crippen LogP contribution in [0.4, 0.5) is 0 Å². The number of hydrogen-bond donors (Lipinski definition) is 1. The molecule has 21 heavy (non-hydrogen) atoms. The van der Waals surface area contributed by atoms with E-state index in [2.05, 4.69) is 12.2 Å². The molecule has 4 nitrogen and oxygen atoms in total. The fourth-order valence-electron chi connectivity index (χ4n) is 2.34. The first-order valence-corrected chi connectivity index (χ1v) is 7.20. The molecule has 1 aromatic heterocycles. The van der Waals surface area contributed by atoms with E-state index in [1.165, 1.54) is 0 Å². The number of benzene rings is 1. The van der Waals surface area contributed by atoms with Gasteiger partial charge in [0, 0.05) is 12.0 Å². The van der Waals surface area contributed by atoms with Crippen LogP contribution >= 0.6 is 11.6 Å². The van der Waals surface area contributed by atoms with Gasteiger partial charge in [0.2, 0.25) is 0 Å². The molecule has 0 aliphatic rings. The number of rotatable bonds is 6. The average molecular weight is 310 g/mol. The van der Waals surface area contributed by atoms with Gasteiger partial charge in [-0.25, -0.2) is 0 Å². The van der Waals surface area contributed by atoms with Crippen molar-refractivity contribution >= 4 is 11.6 Å². The van der Waals surface area contributed by atoms with Crippen molar-refractivity contribution in [2.45, 2.75) is 19.4 Å². The van der Waals surface area contributed by atoms with Crippen molar-refractivity contribution in [3.63, 3.8) is 0 Å². The van der Waals surface area contributed by atoms with E-state index >= 15 is 0 Å². The Morgan fingerprint density at radius 3 is 2.48 bits per heavy atom. The predicted molar refractivity (Wildman–Crippen MR) is 83.5 cm³/mol. The highest BCUT2D eigenvalue weighted by Gasteiger charge is 2.23. The molecule has 0 radical (unpaired) electrons. The molecule has 0 bridgehead atoms. The molecule has 0 spiro atoms. The SMILES string of the molecule is CCc1ccc(C(NC)c2ccc(OC)c(Cl)c2OC)o1. The summed E-state index contributed by atoms with van der Waals surface area (Å²) in [6, 6.07) is 7.57. The molecule has 1 N–H and O–H groups in total. The molecule has 0 saturated heterocycles. The third-order valence-corrected chi connectivity index (χ3v) is 3.79. The van der Waals surface area contributed by atoms with E-state index < -0.39 is 0 Å². The van der Waals surface area contributed by atoms with E-state index in [1.807, 2.05) is 31.3 Å². The van der Waals surface area contributed by atoms with Crippen molar-refractivity contribution in [1.82, 2.24) is 5.32 Å². The minimum Gasteiger partial charge on any atom is -0.495 e. The fraction of sp³-hybridized carbons (Fsp3) is 0.375. The Bertz CT molecular complexity index is 610. The van der Waals surface area contributed by atoms with E-state index in [1.54, 1.807) is 14.2 Å². The van der Waals surface area contributed by atoms with Crippen LogP contribution in [0.5, 0.6) is 11.5 Å². The lowest BCUT2D eigenvalue weighted by Crippen LogP contribution is -2.18. The number of hydrogen-bond acceptors (Lipinski definition) is 4. The summed E-state index contributed by atoms with van der Waals surface area (Å²) in [6.07, 6.45) is 0.858. The number of halogens is 1. The van der Waals surface area contributed by atoms with Crippen LogP contribution in [0.25, 0.3) is 0 Å². The second kappa shape index (κ2) is 6.87. The van der Waals surface area contributed by atoms with Crippen LogP contribution in [0.1, 0.15) is 30.0 Å². The number of ether oxygens (including phenoxy) is 2. The number of methoxy groups -OCH3 is 2.